The number of nitrogens with zero attached hydrogens (tertiary/aromatic N) is 1. The van der Waals surface area contributed by atoms with Crippen molar-refractivity contribution in [2.75, 3.05) is 0 Å². The van der Waals surface area contributed by atoms with E-state index < -0.39 is 54.1 Å². The third kappa shape index (κ3) is 3.17. The lowest BCUT2D eigenvalue weighted by atomic mass is 9.82. The van der Waals surface area contributed by atoms with Crippen LogP contribution in [0.5, 0.6) is 0 Å². The van der Waals surface area contributed by atoms with Crippen molar-refractivity contribution in [2.24, 2.45) is 0 Å². The van der Waals surface area contributed by atoms with Crippen LogP contribution in [0.1, 0.15) is 11.1 Å². The minimum atomic E-state index is -1.95. The first kappa shape index (κ1) is 20.9. The second-order valence-electron chi connectivity index (χ2n) is 7.34. The summed E-state index contributed by atoms with van der Waals surface area (Å²) in [5.74, 6) is -2.44. The van der Waals surface area contributed by atoms with Gasteiger partial charge in [0.05, 0.1) is 0 Å². The van der Waals surface area contributed by atoms with E-state index in [2.05, 4.69) is 5.32 Å². The number of benzene rings is 2. The summed E-state index contributed by atoms with van der Waals surface area (Å²) in [6.07, 6.45) is -9.61. The van der Waals surface area contributed by atoms with Gasteiger partial charge in [0.2, 0.25) is 0 Å². The number of urea groups is 1. The predicted molar refractivity (Wildman–Crippen MR) is 103 cm³/mol. The Kier molecular flexibility index (Phi) is 5.23. The fourth-order valence-corrected chi connectivity index (χ4v) is 3.99. The highest BCUT2D eigenvalue weighted by Gasteiger charge is 2.60. The van der Waals surface area contributed by atoms with Gasteiger partial charge in [-0.15, -0.1) is 0 Å². The largest absolute Gasteiger partial charge is 0.479 e. The van der Waals surface area contributed by atoms with Crippen LogP contribution in [0.3, 0.4) is 0 Å². The molecule has 2 aromatic carbocycles. The molecule has 10 nitrogen and oxygen atoms in total. The SMILES string of the molecule is O=C(O)[C@H]1OC(N2C(=O)NC(c3ccccc3)(c3ccccc3)C2=O)[C@H](O)[C@@H](O)[C@@H]1O. The van der Waals surface area contributed by atoms with Crippen LogP contribution in [0.4, 0.5) is 4.79 Å². The molecule has 2 fully saturated rings. The Morgan fingerprint density at radius 3 is 1.87 bits per heavy atom. The van der Waals surface area contributed by atoms with Crippen LogP contribution in [0.25, 0.3) is 0 Å². The second kappa shape index (κ2) is 7.75. The summed E-state index contributed by atoms with van der Waals surface area (Å²) in [6, 6.07) is 15.9. The molecule has 1 unspecified atom stereocenters. The van der Waals surface area contributed by atoms with E-state index in [0.29, 0.717) is 16.0 Å². The number of carbonyl (C=O) groups is 3. The zero-order valence-electron chi connectivity index (χ0n) is 16.0. The van der Waals surface area contributed by atoms with Crippen molar-refractivity contribution >= 4 is 17.9 Å². The third-order valence-corrected chi connectivity index (χ3v) is 5.55. The summed E-state index contributed by atoms with van der Waals surface area (Å²) in [7, 11) is 0. The van der Waals surface area contributed by atoms with Gasteiger partial charge >= 0.3 is 12.0 Å². The van der Waals surface area contributed by atoms with Gasteiger partial charge in [-0.1, -0.05) is 60.7 Å². The number of carbonyl (C=O) groups excluding carboxylic acids is 2. The summed E-state index contributed by atoms with van der Waals surface area (Å²) in [5, 5.41) is 42.4. The lowest BCUT2D eigenvalue weighted by Crippen LogP contribution is -2.65. The summed E-state index contributed by atoms with van der Waals surface area (Å²) in [5.41, 5.74) is -0.798. The maximum absolute atomic E-state index is 13.7. The molecule has 2 aromatic rings. The van der Waals surface area contributed by atoms with Gasteiger partial charge < -0.3 is 30.5 Å². The van der Waals surface area contributed by atoms with E-state index in [1.54, 1.807) is 60.7 Å². The molecule has 0 bridgehead atoms. The Bertz CT molecular complexity index is 959. The van der Waals surface area contributed by atoms with Gasteiger partial charge in [-0.2, -0.15) is 0 Å². The smallest absolute Gasteiger partial charge is 0.335 e. The maximum Gasteiger partial charge on any atom is 0.335 e. The molecule has 5 atom stereocenters. The highest BCUT2D eigenvalue weighted by atomic mass is 16.6. The number of hydrogen-bond donors (Lipinski definition) is 5. The van der Waals surface area contributed by atoms with Crippen molar-refractivity contribution in [1.29, 1.82) is 0 Å². The van der Waals surface area contributed by atoms with Gasteiger partial charge in [-0.3, -0.25) is 4.79 Å². The standard InChI is InChI=1S/C21H20N2O8/c24-13-14(25)16(18(27)28)31-17(15(13)26)23-19(29)21(22-20(23)30,11-7-3-1-4-8-11)12-9-5-2-6-10-12/h1-10,13-17,24-26H,(H,22,30)(H,27,28)/t13-,14-,15+,16-,17?/m0/s1. The molecule has 10 heteroatoms. The molecule has 2 saturated heterocycles. The van der Waals surface area contributed by atoms with Gasteiger partial charge in [0.25, 0.3) is 5.91 Å². The van der Waals surface area contributed by atoms with Gasteiger partial charge in [0.15, 0.2) is 17.9 Å². The number of aliphatic hydroxyl groups excluding tert-OH is 3. The van der Waals surface area contributed by atoms with E-state index in [-0.39, 0.29) is 0 Å². The summed E-state index contributed by atoms with van der Waals surface area (Å²) < 4.78 is 5.22. The van der Waals surface area contributed by atoms with E-state index in [9.17, 15) is 34.8 Å². The average Bonchev–Trinajstić information content (AvgIpc) is 3.04. The minimum Gasteiger partial charge on any atom is -0.479 e. The number of carboxylic acid groups (broad SMARTS) is 1. The summed E-state index contributed by atoms with van der Waals surface area (Å²) in [6.45, 7) is 0. The number of ether oxygens (including phenoxy) is 1. The predicted octanol–water partition coefficient (Wildman–Crippen LogP) is -0.626. The van der Waals surface area contributed by atoms with Crippen LogP contribution in [0.15, 0.2) is 60.7 Å². The molecule has 2 aliphatic rings. The van der Waals surface area contributed by atoms with E-state index in [1.807, 2.05) is 0 Å². The molecule has 0 aromatic heterocycles. The number of nitrogens with one attached hydrogen (secondary N) is 1. The molecule has 5 N–H and O–H groups in total. The highest BCUT2D eigenvalue weighted by molar-refractivity contribution is 6.09. The lowest BCUT2D eigenvalue weighted by Gasteiger charge is -2.41. The molecule has 2 heterocycles. The average molecular weight is 428 g/mol. The van der Waals surface area contributed by atoms with Crippen molar-refractivity contribution in [3.63, 3.8) is 0 Å². The normalized spacial score (nSPS) is 30.2. The van der Waals surface area contributed by atoms with E-state index in [0.717, 1.165) is 0 Å². The fraction of sp³-hybridized carbons (Fsp3) is 0.286. The van der Waals surface area contributed by atoms with Crippen LogP contribution >= 0.6 is 0 Å². The van der Waals surface area contributed by atoms with Crippen LogP contribution in [-0.2, 0) is 19.9 Å². The Labute approximate surface area is 176 Å². The van der Waals surface area contributed by atoms with Crippen LogP contribution in [0.2, 0.25) is 0 Å². The monoisotopic (exact) mass is 428 g/mol. The molecule has 31 heavy (non-hydrogen) atoms. The maximum atomic E-state index is 13.7. The van der Waals surface area contributed by atoms with Gasteiger partial charge in [-0.25, -0.2) is 14.5 Å². The first-order chi connectivity index (χ1) is 14.8. The van der Waals surface area contributed by atoms with Gasteiger partial charge in [0.1, 0.15) is 18.3 Å². The third-order valence-electron chi connectivity index (χ3n) is 5.55. The first-order valence-corrected chi connectivity index (χ1v) is 9.48. The minimum absolute atomic E-state index is 0.433. The molecule has 0 aliphatic carbocycles. The Balaban J connectivity index is 1.81. The molecule has 0 saturated carbocycles. The Morgan fingerprint density at radius 2 is 1.39 bits per heavy atom. The molecule has 4 rings (SSSR count). The van der Waals surface area contributed by atoms with Crippen LogP contribution < -0.4 is 5.32 Å². The Morgan fingerprint density at radius 1 is 0.871 bits per heavy atom. The first-order valence-electron chi connectivity index (χ1n) is 9.48. The van der Waals surface area contributed by atoms with Gasteiger partial charge in [-0.05, 0) is 11.1 Å². The van der Waals surface area contributed by atoms with Crippen molar-refractivity contribution in [3.05, 3.63) is 71.8 Å². The van der Waals surface area contributed by atoms with Gasteiger partial charge in [0, 0.05) is 0 Å². The lowest BCUT2D eigenvalue weighted by molar-refractivity contribution is -0.249. The number of amides is 3. The van der Waals surface area contributed by atoms with Crippen LogP contribution in [-0.4, -0.2) is 73.9 Å². The quantitative estimate of drug-likeness (QED) is 0.403. The van der Waals surface area contributed by atoms with Crippen molar-refractivity contribution in [2.45, 2.75) is 36.2 Å². The molecule has 0 spiro atoms. The van der Waals surface area contributed by atoms with E-state index >= 15 is 0 Å². The number of imide groups is 1. The molecule has 2 aliphatic heterocycles. The molecular formula is C21H20N2O8. The van der Waals surface area contributed by atoms with E-state index in [4.69, 9.17) is 4.74 Å². The molecular weight excluding hydrogens is 408 g/mol. The zero-order chi connectivity index (χ0) is 22.3. The van der Waals surface area contributed by atoms with Crippen molar-refractivity contribution in [3.8, 4) is 0 Å². The van der Waals surface area contributed by atoms with E-state index in [1.165, 1.54) is 0 Å². The molecule has 0 radical (unpaired) electrons. The van der Waals surface area contributed by atoms with Crippen molar-refractivity contribution in [1.82, 2.24) is 10.2 Å². The second-order valence-corrected chi connectivity index (χ2v) is 7.34. The molecule has 3 amide bonds. The van der Waals surface area contributed by atoms with Crippen molar-refractivity contribution < 1.29 is 39.5 Å². The highest BCUT2D eigenvalue weighted by Crippen LogP contribution is 2.38. The number of hydrogen-bond acceptors (Lipinski definition) is 7. The number of rotatable bonds is 4. The topological polar surface area (TPSA) is 157 Å². The number of aliphatic hydroxyl groups is 3. The summed E-state index contributed by atoms with van der Waals surface area (Å²) >= 11 is 0. The number of carboxylic acids is 1. The van der Waals surface area contributed by atoms with Crippen LogP contribution in [0, 0.1) is 0 Å². The number of aliphatic carboxylic acids is 1. The zero-order valence-corrected chi connectivity index (χ0v) is 16.0. The molecule has 162 valence electrons. The Hall–Kier alpha value is -3.31. The summed E-state index contributed by atoms with van der Waals surface area (Å²) in [4.78, 5) is 38.7. The fourth-order valence-electron chi connectivity index (χ4n) is 3.99.